The highest BCUT2D eigenvalue weighted by Crippen LogP contribution is 2.16. The van der Waals surface area contributed by atoms with E-state index in [0.29, 0.717) is 19.8 Å². The Bertz CT molecular complexity index is 189. The largest absolute Gasteiger partial charge is 0.383 e. The summed E-state index contributed by atoms with van der Waals surface area (Å²) in [4.78, 5) is 0. The van der Waals surface area contributed by atoms with Gasteiger partial charge in [0.2, 0.25) is 0 Å². The third-order valence-electron chi connectivity index (χ3n) is 2.30. The maximum atomic E-state index is 9.14. The van der Waals surface area contributed by atoms with Gasteiger partial charge >= 0.3 is 0 Å². The lowest BCUT2D eigenvalue weighted by Gasteiger charge is -2.31. The molecule has 0 amide bonds. The molecule has 0 spiro atoms. The Morgan fingerprint density at radius 3 is 2.36 bits per heavy atom. The Morgan fingerprint density at radius 2 is 2.00 bits per heavy atom. The molecule has 82 valence electrons. The van der Waals surface area contributed by atoms with Gasteiger partial charge in [-0.3, -0.25) is 5.32 Å². The van der Waals surface area contributed by atoms with Gasteiger partial charge in [0.15, 0.2) is 0 Å². The molecule has 1 unspecified atom stereocenters. The van der Waals surface area contributed by atoms with Gasteiger partial charge in [0.1, 0.15) is 5.54 Å². The normalized spacial score (nSPS) is 15.1. The molecule has 0 rings (SSSR count). The highest BCUT2D eigenvalue weighted by Gasteiger charge is 2.33. The van der Waals surface area contributed by atoms with Crippen LogP contribution in [0.15, 0.2) is 0 Å². The molecule has 0 aliphatic carbocycles. The van der Waals surface area contributed by atoms with Crippen LogP contribution in [0.5, 0.6) is 0 Å². The van der Waals surface area contributed by atoms with Gasteiger partial charge in [0.25, 0.3) is 0 Å². The number of hydrogen-bond donors (Lipinski definition) is 1. The second-order valence-electron chi connectivity index (χ2n) is 3.59. The summed E-state index contributed by atoms with van der Waals surface area (Å²) in [6, 6.07) is 2.28. The van der Waals surface area contributed by atoms with E-state index in [1.165, 1.54) is 0 Å². The molecule has 0 heterocycles. The molecular weight excluding hydrogens is 180 g/mol. The molecule has 4 heteroatoms. The summed E-state index contributed by atoms with van der Waals surface area (Å²) in [5.41, 5.74) is -0.604. The first kappa shape index (κ1) is 13.4. The zero-order chi connectivity index (χ0) is 11.0. The van der Waals surface area contributed by atoms with E-state index in [1.807, 2.05) is 13.8 Å². The van der Waals surface area contributed by atoms with Crippen molar-refractivity contribution in [2.24, 2.45) is 5.92 Å². The molecule has 0 aliphatic rings. The minimum absolute atomic E-state index is 0.198. The fraction of sp³-hybridized carbons (Fsp3) is 0.900. The molecule has 0 radical (unpaired) electrons. The molecule has 1 N–H and O–H groups in total. The van der Waals surface area contributed by atoms with Crippen molar-refractivity contribution >= 4 is 0 Å². The SMILES string of the molecule is COCCNC(C#N)(COC)C(C)C. The molecule has 0 saturated carbocycles. The predicted molar refractivity (Wildman–Crippen MR) is 54.9 cm³/mol. The van der Waals surface area contributed by atoms with E-state index in [0.717, 1.165) is 0 Å². The first-order valence-corrected chi connectivity index (χ1v) is 4.77. The van der Waals surface area contributed by atoms with E-state index in [-0.39, 0.29) is 5.92 Å². The summed E-state index contributed by atoms with van der Waals surface area (Å²) in [5, 5.41) is 12.3. The summed E-state index contributed by atoms with van der Waals surface area (Å²) in [5.74, 6) is 0.198. The molecule has 0 aromatic carbocycles. The van der Waals surface area contributed by atoms with Crippen LogP contribution in [0.25, 0.3) is 0 Å². The quantitative estimate of drug-likeness (QED) is 0.617. The van der Waals surface area contributed by atoms with Gasteiger partial charge in [0.05, 0.1) is 19.3 Å². The van der Waals surface area contributed by atoms with Crippen LogP contribution in [0.1, 0.15) is 13.8 Å². The van der Waals surface area contributed by atoms with Crippen molar-refractivity contribution in [2.75, 3.05) is 34.0 Å². The minimum atomic E-state index is -0.604. The lowest BCUT2D eigenvalue weighted by atomic mass is 9.88. The van der Waals surface area contributed by atoms with Crippen molar-refractivity contribution in [1.29, 1.82) is 5.26 Å². The third-order valence-corrected chi connectivity index (χ3v) is 2.30. The Labute approximate surface area is 86.2 Å². The molecule has 0 aromatic rings. The Hall–Kier alpha value is -0.630. The maximum Gasteiger partial charge on any atom is 0.132 e. The summed E-state index contributed by atoms with van der Waals surface area (Å²) in [6.07, 6.45) is 0. The van der Waals surface area contributed by atoms with Gasteiger partial charge in [0, 0.05) is 20.8 Å². The fourth-order valence-corrected chi connectivity index (χ4v) is 1.23. The number of hydrogen-bond acceptors (Lipinski definition) is 4. The van der Waals surface area contributed by atoms with Crippen LogP contribution in [0.4, 0.5) is 0 Å². The summed E-state index contributed by atoms with van der Waals surface area (Å²) >= 11 is 0. The average Bonchev–Trinajstić information content (AvgIpc) is 2.16. The zero-order valence-electron chi connectivity index (χ0n) is 9.46. The summed E-state index contributed by atoms with van der Waals surface area (Å²) in [6.45, 7) is 5.65. The smallest absolute Gasteiger partial charge is 0.132 e. The third kappa shape index (κ3) is 3.62. The number of nitriles is 1. The molecule has 14 heavy (non-hydrogen) atoms. The van der Waals surface area contributed by atoms with Gasteiger partial charge < -0.3 is 9.47 Å². The van der Waals surface area contributed by atoms with E-state index in [4.69, 9.17) is 14.7 Å². The number of nitrogens with one attached hydrogen (secondary N) is 1. The van der Waals surface area contributed by atoms with Gasteiger partial charge in [-0.05, 0) is 5.92 Å². The van der Waals surface area contributed by atoms with Crippen molar-refractivity contribution in [3.8, 4) is 6.07 Å². The first-order valence-electron chi connectivity index (χ1n) is 4.77. The molecule has 1 atom stereocenters. The standard InChI is InChI=1S/C10H20N2O2/c1-9(2)10(7-11,8-14-4)12-5-6-13-3/h9,12H,5-6,8H2,1-4H3. The van der Waals surface area contributed by atoms with Crippen molar-refractivity contribution in [2.45, 2.75) is 19.4 Å². The van der Waals surface area contributed by atoms with E-state index >= 15 is 0 Å². The molecule has 0 saturated heterocycles. The second-order valence-corrected chi connectivity index (χ2v) is 3.59. The maximum absolute atomic E-state index is 9.14. The van der Waals surface area contributed by atoms with Crippen LogP contribution >= 0.6 is 0 Å². The van der Waals surface area contributed by atoms with Crippen molar-refractivity contribution in [3.05, 3.63) is 0 Å². The van der Waals surface area contributed by atoms with Crippen LogP contribution in [0.2, 0.25) is 0 Å². The highest BCUT2D eigenvalue weighted by molar-refractivity contribution is 5.09. The predicted octanol–water partition coefficient (Wildman–Crippen LogP) is 0.787. The Morgan fingerprint density at radius 1 is 1.36 bits per heavy atom. The Balaban J connectivity index is 4.29. The number of nitrogens with zero attached hydrogens (tertiary/aromatic N) is 1. The molecule has 4 nitrogen and oxygen atoms in total. The van der Waals surface area contributed by atoms with Crippen LogP contribution in [-0.2, 0) is 9.47 Å². The zero-order valence-corrected chi connectivity index (χ0v) is 9.46. The highest BCUT2D eigenvalue weighted by atomic mass is 16.5. The van der Waals surface area contributed by atoms with E-state index < -0.39 is 5.54 Å². The summed E-state index contributed by atoms with van der Waals surface area (Å²) in [7, 11) is 3.24. The molecular formula is C10H20N2O2. The number of rotatable bonds is 7. The van der Waals surface area contributed by atoms with Gasteiger partial charge in [-0.2, -0.15) is 5.26 Å². The van der Waals surface area contributed by atoms with Gasteiger partial charge in [-0.15, -0.1) is 0 Å². The first-order chi connectivity index (χ1) is 6.63. The van der Waals surface area contributed by atoms with E-state index in [9.17, 15) is 0 Å². The van der Waals surface area contributed by atoms with Crippen molar-refractivity contribution in [1.82, 2.24) is 5.32 Å². The molecule has 0 fully saturated rings. The lowest BCUT2D eigenvalue weighted by Crippen LogP contribution is -2.53. The second kappa shape index (κ2) is 6.77. The number of ether oxygens (including phenoxy) is 2. The Kier molecular flexibility index (Phi) is 6.46. The van der Waals surface area contributed by atoms with Crippen molar-refractivity contribution in [3.63, 3.8) is 0 Å². The monoisotopic (exact) mass is 200 g/mol. The van der Waals surface area contributed by atoms with Crippen LogP contribution in [-0.4, -0.2) is 39.5 Å². The van der Waals surface area contributed by atoms with E-state index in [1.54, 1.807) is 14.2 Å². The van der Waals surface area contributed by atoms with Gasteiger partial charge in [-0.1, -0.05) is 13.8 Å². The van der Waals surface area contributed by atoms with E-state index in [2.05, 4.69) is 11.4 Å². The molecule has 0 aliphatic heterocycles. The van der Waals surface area contributed by atoms with Crippen LogP contribution < -0.4 is 5.32 Å². The lowest BCUT2D eigenvalue weighted by molar-refractivity contribution is 0.103. The van der Waals surface area contributed by atoms with Crippen molar-refractivity contribution < 1.29 is 9.47 Å². The van der Waals surface area contributed by atoms with Gasteiger partial charge in [-0.25, -0.2) is 0 Å². The molecule has 0 aromatic heterocycles. The topological polar surface area (TPSA) is 54.3 Å². The summed E-state index contributed by atoms with van der Waals surface area (Å²) < 4.78 is 9.99. The minimum Gasteiger partial charge on any atom is -0.383 e. The average molecular weight is 200 g/mol. The molecule has 0 bridgehead atoms. The van der Waals surface area contributed by atoms with Crippen LogP contribution in [0.3, 0.4) is 0 Å². The number of methoxy groups -OCH3 is 2. The van der Waals surface area contributed by atoms with Crippen LogP contribution in [0, 0.1) is 17.2 Å². The fourth-order valence-electron chi connectivity index (χ4n) is 1.23.